The zero-order valence-electron chi connectivity index (χ0n) is 14.7. The van der Waals surface area contributed by atoms with Crippen molar-refractivity contribution in [2.24, 2.45) is 0 Å². The molecule has 3 N–H and O–H groups in total. The molecule has 1 aromatic rings. The van der Waals surface area contributed by atoms with Gasteiger partial charge in [0.2, 0.25) is 5.91 Å². The summed E-state index contributed by atoms with van der Waals surface area (Å²) in [5.41, 5.74) is 1.48. The first-order chi connectivity index (χ1) is 12.2. The summed E-state index contributed by atoms with van der Waals surface area (Å²) < 4.78 is 0. The minimum absolute atomic E-state index is 0.0117. The van der Waals surface area contributed by atoms with E-state index in [-0.39, 0.29) is 18.0 Å². The molecule has 3 rings (SSSR count). The van der Waals surface area contributed by atoms with Crippen molar-refractivity contribution in [1.82, 2.24) is 10.2 Å². The molecule has 25 heavy (non-hydrogen) atoms. The van der Waals surface area contributed by atoms with Crippen molar-refractivity contribution in [3.8, 4) is 0 Å². The minimum Gasteiger partial charge on any atom is -0.335 e. The van der Waals surface area contributed by atoms with Crippen LogP contribution in [0, 0.1) is 0 Å². The molecule has 6 heteroatoms. The van der Waals surface area contributed by atoms with Crippen LogP contribution in [0.2, 0.25) is 0 Å². The first-order valence-corrected chi connectivity index (χ1v) is 9.39. The highest BCUT2D eigenvalue weighted by Crippen LogP contribution is 2.18. The molecule has 1 aromatic carbocycles. The van der Waals surface area contributed by atoms with Crippen LogP contribution in [0.5, 0.6) is 0 Å². The molecule has 0 bridgehead atoms. The Balaban J connectivity index is 1.43. The fourth-order valence-corrected chi connectivity index (χ4v) is 3.58. The molecule has 0 atom stereocenters. The smallest absolute Gasteiger partial charge is 0.319 e. The van der Waals surface area contributed by atoms with Gasteiger partial charge in [0.25, 0.3) is 0 Å². The molecule has 2 fully saturated rings. The maximum atomic E-state index is 12.0. The molecule has 0 aromatic heterocycles. The zero-order valence-corrected chi connectivity index (χ0v) is 14.7. The predicted molar refractivity (Wildman–Crippen MR) is 99.8 cm³/mol. The van der Waals surface area contributed by atoms with E-state index in [1.807, 2.05) is 24.3 Å². The average Bonchev–Trinajstić information content (AvgIpc) is 3.10. The van der Waals surface area contributed by atoms with Gasteiger partial charge in [-0.2, -0.15) is 0 Å². The lowest BCUT2D eigenvalue weighted by Crippen LogP contribution is -2.39. The molecular weight excluding hydrogens is 316 g/mol. The van der Waals surface area contributed by atoms with E-state index in [0.717, 1.165) is 37.3 Å². The lowest BCUT2D eigenvalue weighted by Gasteiger charge is -2.22. The zero-order chi connectivity index (χ0) is 17.5. The normalized spacial score (nSPS) is 18.7. The predicted octanol–water partition coefficient (Wildman–Crippen LogP) is 3.18. The summed E-state index contributed by atoms with van der Waals surface area (Å²) >= 11 is 0. The number of likely N-dealkylation sites (tertiary alicyclic amines) is 1. The highest BCUT2D eigenvalue weighted by molar-refractivity contribution is 5.93. The number of rotatable bonds is 5. The second-order valence-electron chi connectivity index (χ2n) is 7.04. The largest absolute Gasteiger partial charge is 0.335 e. The third-order valence-electron chi connectivity index (χ3n) is 4.93. The van der Waals surface area contributed by atoms with Crippen LogP contribution < -0.4 is 16.0 Å². The third kappa shape index (κ3) is 5.74. The van der Waals surface area contributed by atoms with E-state index in [1.165, 1.54) is 32.1 Å². The molecular formula is C19H28N4O2. The number of carbonyl (C=O) groups is 2. The Bertz CT molecular complexity index is 576. The number of hydrogen-bond acceptors (Lipinski definition) is 3. The number of hydrogen-bond donors (Lipinski definition) is 3. The number of anilines is 2. The van der Waals surface area contributed by atoms with E-state index >= 15 is 0 Å². The Kier molecular flexibility index (Phi) is 6.28. The van der Waals surface area contributed by atoms with Gasteiger partial charge in [0, 0.05) is 17.4 Å². The molecule has 2 aliphatic rings. The second kappa shape index (κ2) is 8.85. The third-order valence-corrected chi connectivity index (χ3v) is 4.93. The van der Waals surface area contributed by atoms with Crippen molar-refractivity contribution >= 4 is 23.3 Å². The maximum absolute atomic E-state index is 12.0. The lowest BCUT2D eigenvalue weighted by molar-refractivity contribution is -0.117. The molecule has 1 saturated carbocycles. The molecule has 0 unspecified atom stereocenters. The van der Waals surface area contributed by atoms with E-state index < -0.39 is 0 Å². The van der Waals surface area contributed by atoms with E-state index in [1.54, 1.807) is 0 Å². The van der Waals surface area contributed by atoms with E-state index in [0.29, 0.717) is 6.54 Å². The Morgan fingerprint density at radius 1 is 0.880 bits per heavy atom. The van der Waals surface area contributed by atoms with Gasteiger partial charge in [-0.05, 0) is 63.0 Å². The van der Waals surface area contributed by atoms with Crippen molar-refractivity contribution in [1.29, 1.82) is 0 Å². The van der Waals surface area contributed by atoms with Crippen molar-refractivity contribution in [3.63, 3.8) is 0 Å². The SMILES string of the molecule is O=C(CN1CCCC1)Nc1ccc(NC(=O)NC2CCCCC2)cc1. The fourth-order valence-electron chi connectivity index (χ4n) is 3.58. The Hall–Kier alpha value is -2.08. The minimum atomic E-state index is -0.155. The van der Waals surface area contributed by atoms with Crippen molar-refractivity contribution < 1.29 is 9.59 Å². The average molecular weight is 344 g/mol. The van der Waals surface area contributed by atoms with Crippen molar-refractivity contribution in [2.45, 2.75) is 51.0 Å². The summed E-state index contributed by atoms with van der Waals surface area (Å²) in [5, 5.41) is 8.79. The number of benzene rings is 1. The molecule has 1 aliphatic heterocycles. The van der Waals surface area contributed by atoms with Gasteiger partial charge in [-0.25, -0.2) is 4.79 Å². The molecule has 0 radical (unpaired) electrons. The fraction of sp³-hybridized carbons (Fsp3) is 0.579. The van der Waals surface area contributed by atoms with Crippen LogP contribution in [0.25, 0.3) is 0 Å². The van der Waals surface area contributed by atoms with Gasteiger partial charge in [-0.15, -0.1) is 0 Å². The number of urea groups is 1. The van der Waals surface area contributed by atoms with Gasteiger partial charge in [0.05, 0.1) is 6.54 Å². The monoisotopic (exact) mass is 344 g/mol. The topological polar surface area (TPSA) is 73.5 Å². The molecule has 136 valence electrons. The number of amides is 3. The Labute approximate surface area is 149 Å². The van der Waals surface area contributed by atoms with Gasteiger partial charge in [-0.3, -0.25) is 9.69 Å². The molecule has 1 heterocycles. The van der Waals surface area contributed by atoms with Crippen LogP contribution in [-0.4, -0.2) is 42.5 Å². The molecule has 0 spiro atoms. The molecule has 1 saturated heterocycles. The number of carbonyl (C=O) groups excluding carboxylic acids is 2. The summed E-state index contributed by atoms with van der Waals surface area (Å²) in [7, 11) is 0. The van der Waals surface area contributed by atoms with Gasteiger partial charge in [0.15, 0.2) is 0 Å². The summed E-state index contributed by atoms with van der Waals surface area (Å²) in [5.74, 6) is 0.0117. The summed E-state index contributed by atoms with van der Waals surface area (Å²) in [4.78, 5) is 26.2. The van der Waals surface area contributed by atoms with Gasteiger partial charge < -0.3 is 16.0 Å². The Morgan fingerprint density at radius 2 is 1.48 bits per heavy atom. The van der Waals surface area contributed by atoms with Crippen molar-refractivity contribution in [3.05, 3.63) is 24.3 Å². The van der Waals surface area contributed by atoms with E-state index in [4.69, 9.17) is 0 Å². The van der Waals surface area contributed by atoms with Crippen LogP contribution in [0.15, 0.2) is 24.3 Å². The van der Waals surface area contributed by atoms with Crippen LogP contribution >= 0.6 is 0 Å². The molecule has 1 aliphatic carbocycles. The van der Waals surface area contributed by atoms with Gasteiger partial charge in [0.1, 0.15) is 0 Å². The highest BCUT2D eigenvalue weighted by atomic mass is 16.2. The summed E-state index contributed by atoms with van der Waals surface area (Å²) in [6.07, 6.45) is 8.14. The molecule has 3 amide bonds. The Morgan fingerprint density at radius 3 is 2.12 bits per heavy atom. The van der Waals surface area contributed by atoms with E-state index in [2.05, 4.69) is 20.9 Å². The maximum Gasteiger partial charge on any atom is 0.319 e. The first-order valence-electron chi connectivity index (χ1n) is 9.39. The van der Waals surface area contributed by atoms with Gasteiger partial charge in [-0.1, -0.05) is 19.3 Å². The molecule has 6 nitrogen and oxygen atoms in total. The lowest BCUT2D eigenvalue weighted by atomic mass is 9.96. The van der Waals surface area contributed by atoms with Crippen LogP contribution in [0.4, 0.5) is 16.2 Å². The number of nitrogens with one attached hydrogen (secondary N) is 3. The van der Waals surface area contributed by atoms with Crippen LogP contribution in [-0.2, 0) is 4.79 Å². The van der Waals surface area contributed by atoms with Crippen LogP contribution in [0.1, 0.15) is 44.9 Å². The second-order valence-corrected chi connectivity index (χ2v) is 7.04. The quantitative estimate of drug-likeness (QED) is 0.768. The summed E-state index contributed by atoms with van der Waals surface area (Å²) in [6.45, 7) is 2.46. The highest BCUT2D eigenvalue weighted by Gasteiger charge is 2.16. The van der Waals surface area contributed by atoms with E-state index in [9.17, 15) is 9.59 Å². The standard InChI is InChI=1S/C19H28N4O2/c24-18(14-23-12-4-5-13-23)20-16-8-10-17(11-9-16)22-19(25)21-15-6-2-1-3-7-15/h8-11,15H,1-7,12-14H2,(H,20,24)(H2,21,22,25). The number of nitrogens with zero attached hydrogens (tertiary/aromatic N) is 1. The van der Waals surface area contributed by atoms with Gasteiger partial charge >= 0.3 is 6.03 Å². The summed E-state index contributed by atoms with van der Waals surface area (Å²) in [6, 6.07) is 7.39. The van der Waals surface area contributed by atoms with Crippen LogP contribution in [0.3, 0.4) is 0 Å². The first kappa shape index (κ1) is 17.7. The van der Waals surface area contributed by atoms with Crippen molar-refractivity contribution in [2.75, 3.05) is 30.3 Å².